The molecular weight excluding hydrogens is 400 g/mol. The van der Waals surface area contributed by atoms with Crippen molar-refractivity contribution in [2.45, 2.75) is 6.04 Å². The van der Waals surface area contributed by atoms with E-state index < -0.39 is 33.5 Å². The minimum Gasteiger partial charge on any atom is -0.369 e. The number of sulfonamides is 1. The molecule has 0 bridgehead atoms. The number of nitrogens with two attached hydrogens (primary N) is 1. The molecule has 0 saturated heterocycles. The van der Waals surface area contributed by atoms with E-state index in [9.17, 15) is 17.2 Å². The second-order valence-electron chi connectivity index (χ2n) is 5.75. The highest BCUT2D eigenvalue weighted by atomic mass is 35.5. The molecule has 1 atom stereocenters. The summed E-state index contributed by atoms with van der Waals surface area (Å²) in [5.41, 5.74) is 5.86. The first-order valence-corrected chi connectivity index (χ1v) is 9.60. The van der Waals surface area contributed by atoms with Crippen LogP contribution < -0.4 is 5.73 Å². The molecule has 3 rings (SSSR count). The lowest BCUT2D eigenvalue weighted by molar-refractivity contribution is 0.525. The molecule has 0 aliphatic carbocycles. The van der Waals surface area contributed by atoms with Crippen LogP contribution in [-0.4, -0.2) is 41.5 Å². The molecule has 1 aliphatic heterocycles. The Morgan fingerprint density at radius 3 is 2.74 bits per heavy atom. The molecule has 0 saturated carbocycles. The topological polar surface area (TPSA) is 102 Å². The maximum absolute atomic E-state index is 14.3. The average Bonchev–Trinajstić information content (AvgIpc) is 2.61. The van der Waals surface area contributed by atoms with Gasteiger partial charge >= 0.3 is 0 Å². The zero-order valence-corrected chi connectivity index (χ0v) is 15.5. The third-order valence-electron chi connectivity index (χ3n) is 3.93. The van der Waals surface area contributed by atoms with Gasteiger partial charge in [-0.15, -0.1) is 0 Å². The SMILES string of the molecule is CN1C(N)=NC(c2cc(/C=C(\F)c3cnc(Cl)cn3)ccc2F)CS1(=O)=O. The number of hydrogen-bond acceptors (Lipinski definition) is 6. The van der Waals surface area contributed by atoms with Crippen LogP contribution in [0.2, 0.25) is 5.15 Å². The van der Waals surface area contributed by atoms with Crippen LogP contribution >= 0.6 is 11.6 Å². The third-order valence-corrected chi connectivity index (χ3v) is 5.89. The summed E-state index contributed by atoms with van der Waals surface area (Å²) >= 11 is 5.61. The second kappa shape index (κ2) is 7.20. The van der Waals surface area contributed by atoms with Crippen LogP contribution in [-0.2, 0) is 10.0 Å². The zero-order valence-electron chi connectivity index (χ0n) is 14.0. The van der Waals surface area contributed by atoms with E-state index in [2.05, 4.69) is 15.0 Å². The van der Waals surface area contributed by atoms with Gasteiger partial charge in [0.2, 0.25) is 16.0 Å². The van der Waals surface area contributed by atoms with Gasteiger partial charge in [0.25, 0.3) is 0 Å². The Bertz CT molecular complexity index is 1040. The Labute approximate surface area is 159 Å². The largest absolute Gasteiger partial charge is 0.369 e. The number of aromatic nitrogens is 2. The van der Waals surface area contributed by atoms with Crippen LogP contribution in [0.25, 0.3) is 11.9 Å². The number of guanidine groups is 1. The lowest BCUT2D eigenvalue weighted by atomic mass is 10.0. The molecule has 2 aromatic rings. The average molecular weight is 414 g/mol. The van der Waals surface area contributed by atoms with Gasteiger partial charge in [0, 0.05) is 12.6 Å². The lowest BCUT2D eigenvalue weighted by Crippen LogP contribution is -2.45. The van der Waals surface area contributed by atoms with Gasteiger partial charge in [-0.25, -0.2) is 36.5 Å². The van der Waals surface area contributed by atoms with Gasteiger partial charge in [0.05, 0.1) is 24.2 Å². The first-order valence-electron chi connectivity index (χ1n) is 7.62. The molecule has 0 fully saturated rings. The van der Waals surface area contributed by atoms with E-state index in [-0.39, 0.29) is 22.4 Å². The van der Waals surface area contributed by atoms with E-state index in [4.69, 9.17) is 17.3 Å². The highest BCUT2D eigenvalue weighted by Gasteiger charge is 2.32. The second-order valence-corrected chi connectivity index (χ2v) is 8.18. The van der Waals surface area contributed by atoms with Gasteiger partial charge in [-0.05, 0) is 23.8 Å². The van der Waals surface area contributed by atoms with Crippen LogP contribution in [0, 0.1) is 5.82 Å². The number of rotatable bonds is 3. The maximum atomic E-state index is 14.3. The quantitative estimate of drug-likeness (QED) is 0.832. The lowest BCUT2D eigenvalue weighted by Gasteiger charge is -2.27. The van der Waals surface area contributed by atoms with E-state index in [1.165, 1.54) is 25.4 Å². The van der Waals surface area contributed by atoms with E-state index >= 15 is 0 Å². The molecule has 1 aromatic heterocycles. The number of nitrogens with zero attached hydrogens (tertiary/aromatic N) is 4. The highest BCUT2D eigenvalue weighted by molar-refractivity contribution is 7.89. The summed E-state index contributed by atoms with van der Waals surface area (Å²) in [7, 11) is -2.45. The smallest absolute Gasteiger partial charge is 0.239 e. The molecule has 27 heavy (non-hydrogen) atoms. The Morgan fingerprint density at radius 1 is 1.37 bits per heavy atom. The molecule has 11 heteroatoms. The Balaban J connectivity index is 1.98. The predicted molar refractivity (Wildman–Crippen MR) is 98.3 cm³/mol. The summed E-state index contributed by atoms with van der Waals surface area (Å²) in [6, 6.07) is 2.75. The van der Waals surface area contributed by atoms with E-state index in [0.717, 1.165) is 22.6 Å². The van der Waals surface area contributed by atoms with Crippen molar-refractivity contribution < 1.29 is 17.2 Å². The standard InChI is InChI=1S/C16H14ClF2N5O2S/c1-24-16(20)23-14(8-27(24,25)26)10-4-9(2-3-11(10)18)5-12(19)13-6-22-15(17)7-21-13/h2-7,14H,8H2,1H3,(H2,20,23)/b12-5-. The molecule has 0 spiro atoms. The van der Waals surface area contributed by atoms with Crippen molar-refractivity contribution in [2.24, 2.45) is 10.7 Å². The number of hydrogen-bond donors (Lipinski definition) is 1. The van der Waals surface area contributed by atoms with Gasteiger partial charge in [-0.2, -0.15) is 0 Å². The fourth-order valence-corrected chi connectivity index (χ4v) is 3.76. The van der Waals surface area contributed by atoms with Crippen LogP contribution in [0.5, 0.6) is 0 Å². The van der Waals surface area contributed by atoms with E-state index in [1.54, 1.807) is 0 Å². The van der Waals surface area contributed by atoms with Crippen molar-refractivity contribution in [2.75, 3.05) is 12.8 Å². The first-order chi connectivity index (χ1) is 12.7. The monoisotopic (exact) mass is 413 g/mol. The fourth-order valence-electron chi connectivity index (χ4n) is 2.45. The molecule has 0 amide bonds. The molecule has 1 aromatic carbocycles. The first kappa shape index (κ1) is 19.2. The van der Waals surface area contributed by atoms with Gasteiger partial charge in [0.1, 0.15) is 16.7 Å². The summed E-state index contributed by atoms with van der Waals surface area (Å²) < 4.78 is 53.7. The van der Waals surface area contributed by atoms with Crippen LogP contribution in [0.4, 0.5) is 8.78 Å². The van der Waals surface area contributed by atoms with Crippen LogP contribution in [0.1, 0.15) is 22.9 Å². The van der Waals surface area contributed by atoms with Crippen molar-refractivity contribution in [3.63, 3.8) is 0 Å². The summed E-state index contributed by atoms with van der Waals surface area (Å²) in [4.78, 5) is 11.6. The normalized spacial score (nSPS) is 19.7. The van der Waals surface area contributed by atoms with Gasteiger partial charge in [-0.1, -0.05) is 17.7 Å². The number of aliphatic imine (C=N–C) groups is 1. The maximum Gasteiger partial charge on any atom is 0.239 e. The summed E-state index contributed by atoms with van der Waals surface area (Å²) in [5.74, 6) is -2.07. The Kier molecular flexibility index (Phi) is 5.11. The van der Waals surface area contributed by atoms with Crippen LogP contribution in [0.15, 0.2) is 35.6 Å². The van der Waals surface area contributed by atoms with Crippen LogP contribution in [0.3, 0.4) is 0 Å². The summed E-state index contributed by atoms with van der Waals surface area (Å²) in [6.45, 7) is 0. The molecule has 0 radical (unpaired) electrons. The number of benzene rings is 1. The Hall–Kier alpha value is -2.59. The summed E-state index contributed by atoms with van der Waals surface area (Å²) in [6.07, 6.45) is 3.48. The van der Waals surface area contributed by atoms with Gasteiger partial charge < -0.3 is 5.73 Å². The van der Waals surface area contributed by atoms with Gasteiger partial charge in [-0.3, -0.25) is 0 Å². The third kappa shape index (κ3) is 4.06. The number of halogens is 3. The fraction of sp³-hybridized carbons (Fsp3) is 0.188. The zero-order chi connectivity index (χ0) is 19.8. The van der Waals surface area contributed by atoms with Crippen molar-refractivity contribution in [1.82, 2.24) is 14.3 Å². The van der Waals surface area contributed by atoms with Crippen molar-refractivity contribution in [3.05, 3.63) is 58.4 Å². The van der Waals surface area contributed by atoms with E-state index in [1.807, 2.05) is 0 Å². The molecule has 1 unspecified atom stereocenters. The van der Waals surface area contributed by atoms with Crippen molar-refractivity contribution in [1.29, 1.82) is 0 Å². The summed E-state index contributed by atoms with van der Waals surface area (Å²) in [5, 5.41) is 0.120. The minimum atomic E-state index is -3.72. The molecule has 2 N–H and O–H groups in total. The molecule has 142 valence electrons. The van der Waals surface area contributed by atoms with Gasteiger partial charge in [0.15, 0.2) is 5.83 Å². The van der Waals surface area contributed by atoms with Crippen molar-refractivity contribution >= 4 is 39.5 Å². The minimum absolute atomic E-state index is 0.00151. The molecule has 2 heterocycles. The highest BCUT2D eigenvalue weighted by Crippen LogP contribution is 2.29. The molecule has 1 aliphatic rings. The Morgan fingerprint density at radius 2 is 2.11 bits per heavy atom. The van der Waals surface area contributed by atoms with Crippen molar-refractivity contribution in [3.8, 4) is 0 Å². The predicted octanol–water partition coefficient (Wildman–Crippen LogP) is 2.37. The van der Waals surface area contributed by atoms with E-state index in [0.29, 0.717) is 5.56 Å². The molecular formula is C16H14ClF2N5O2S. The molecule has 7 nitrogen and oxygen atoms in total.